The van der Waals surface area contributed by atoms with Crippen molar-refractivity contribution in [1.29, 1.82) is 0 Å². The average Bonchev–Trinajstić information content (AvgIpc) is 3.58. The van der Waals surface area contributed by atoms with Gasteiger partial charge in [0.15, 0.2) is 5.79 Å². The van der Waals surface area contributed by atoms with Crippen LogP contribution in [0.2, 0.25) is 10.1 Å². The van der Waals surface area contributed by atoms with Crippen molar-refractivity contribution < 1.29 is 39.0 Å². The average molecular weight is 726 g/mol. The molecule has 1 aliphatic carbocycles. The Morgan fingerprint density at radius 2 is 1.55 bits per heavy atom. The van der Waals surface area contributed by atoms with E-state index < -0.39 is 62.8 Å². The predicted molar refractivity (Wildman–Crippen MR) is 197 cm³/mol. The van der Waals surface area contributed by atoms with Crippen LogP contribution in [0.3, 0.4) is 0 Å². The molecular formula is C39H41BClNO8Si. The standard InChI is InChI=1S/C39H41BClNO8Si/c1-38(2,3)51(28-13-6-4-7-14-28,29-15-8-5-9-16-29)49-23-24-19-31-35(37(45)42(36(31)44)26-12-10-11-25(20-26)40(47)48)32-22-34(50-39(24,32)46)30-18-17-27(43)21-33(30)41/h4-18,20-21,24,31-32,34-35,43,46-48H,19,22-23H2,1-3H3/t24-,31+,32+,34+,35+,39-/m1/s1. The number of benzene rings is 4. The lowest BCUT2D eigenvalue weighted by Gasteiger charge is -2.48. The minimum Gasteiger partial charge on any atom is -0.508 e. The van der Waals surface area contributed by atoms with E-state index in [0.29, 0.717) is 5.56 Å². The van der Waals surface area contributed by atoms with Gasteiger partial charge in [0.2, 0.25) is 11.8 Å². The van der Waals surface area contributed by atoms with Crippen molar-refractivity contribution in [2.24, 2.45) is 23.7 Å². The summed E-state index contributed by atoms with van der Waals surface area (Å²) in [6, 6.07) is 30.9. The molecule has 3 aliphatic rings. The van der Waals surface area contributed by atoms with E-state index in [1.165, 1.54) is 24.3 Å². The molecule has 4 N–H and O–H groups in total. The largest absolute Gasteiger partial charge is 0.508 e. The number of aliphatic hydroxyl groups is 1. The fourth-order valence-electron chi connectivity index (χ4n) is 8.71. The van der Waals surface area contributed by atoms with Crippen LogP contribution >= 0.6 is 11.6 Å². The van der Waals surface area contributed by atoms with Gasteiger partial charge in [-0.15, -0.1) is 0 Å². The van der Waals surface area contributed by atoms with Crippen molar-refractivity contribution >= 4 is 60.4 Å². The number of anilines is 1. The second-order valence-corrected chi connectivity index (χ2v) is 19.6. The fraction of sp³-hybridized carbons (Fsp3) is 0.333. The number of halogens is 1. The van der Waals surface area contributed by atoms with Gasteiger partial charge in [-0.25, -0.2) is 0 Å². The number of carbonyl (C=O) groups excluding carboxylic acids is 2. The van der Waals surface area contributed by atoms with Crippen molar-refractivity contribution in [3.63, 3.8) is 0 Å². The second-order valence-electron chi connectivity index (χ2n) is 14.9. The van der Waals surface area contributed by atoms with Gasteiger partial charge in [0, 0.05) is 18.4 Å². The van der Waals surface area contributed by atoms with Gasteiger partial charge < -0.3 is 29.4 Å². The molecule has 51 heavy (non-hydrogen) atoms. The lowest BCUT2D eigenvalue weighted by molar-refractivity contribution is -0.273. The number of phenolic OH excluding ortho intramolecular Hbond substituents is 1. The highest BCUT2D eigenvalue weighted by Gasteiger charge is 2.67. The SMILES string of the molecule is CC(C)(C)[Si](OC[C@H]1C[C@@H]2C(=O)N(c3cccc(B(O)O)c3)C(=O)[C@@H]2[C@@H]2C[C@@H](c3ccc(O)cc3Cl)O[C@]12O)(c1ccccc1)c1ccccc1. The van der Waals surface area contributed by atoms with Crippen molar-refractivity contribution in [2.45, 2.75) is 50.5 Å². The topological polar surface area (TPSA) is 137 Å². The van der Waals surface area contributed by atoms with E-state index in [4.69, 9.17) is 20.8 Å². The number of carbonyl (C=O) groups is 2. The first-order valence-corrected chi connectivity index (χ1v) is 19.5. The molecule has 0 radical (unpaired) electrons. The number of nitrogens with zero attached hydrogens (tertiary/aromatic N) is 1. The molecule has 12 heteroatoms. The maximum Gasteiger partial charge on any atom is 0.488 e. The minimum atomic E-state index is -3.08. The first kappa shape index (κ1) is 35.6. The Bertz CT molecular complexity index is 1900. The highest BCUT2D eigenvalue weighted by atomic mass is 35.5. The summed E-state index contributed by atoms with van der Waals surface area (Å²) in [4.78, 5) is 29.7. The Kier molecular flexibility index (Phi) is 9.29. The van der Waals surface area contributed by atoms with Gasteiger partial charge in [0.05, 0.1) is 28.6 Å². The van der Waals surface area contributed by atoms with Gasteiger partial charge in [-0.1, -0.05) is 111 Å². The molecule has 2 amide bonds. The first-order chi connectivity index (χ1) is 24.3. The Labute approximate surface area is 303 Å². The molecule has 264 valence electrons. The molecule has 9 nitrogen and oxygen atoms in total. The summed E-state index contributed by atoms with van der Waals surface area (Å²) in [5, 5.41) is 44.5. The van der Waals surface area contributed by atoms with Gasteiger partial charge in [-0.3, -0.25) is 14.5 Å². The normalized spacial score (nSPS) is 26.3. The molecule has 4 aromatic rings. The summed E-state index contributed by atoms with van der Waals surface area (Å²) in [7, 11) is -4.86. The lowest BCUT2D eigenvalue weighted by Crippen LogP contribution is -2.67. The molecule has 0 spiro atoms. The number of hydrogen-bond donors (Lipinski definition) is 4. The Morgan fingerprint density at radius 3 is 2.14 bits per heavy atom. The Hall–Kier alpha value is -3.81. The van der Waals surface area contributed by atoms with Crippen LogP contribution in [0.5, 0.6) is 5.75 Å². The van der Waals surface area contributed by atoms with Crippen LogP contribution in [0.25, 0.3) is 0 Å². The van der Waals surface area contributed by atoms with Crippen molar-refractivity contribution in [1.82, 2.24) is 0 Å². The zero-order valence-electron chi connectivity index (χ0n) is 28.6. The highest BCUT2D eigenvalue weighted by Crippen LogP contribution is 2.59. The third kappa shape index (κ3) is 5.94. The van der Waals surface area contributed by atoms with Gasteiger partial charge >= 0.3 is 7.12 Å². The van der Waals surface area contributed by atoms with E-state index in [1.807, 2.05) is 36.4 Å². The summed E-state index contributed by atoms with van der Waals surface area (Å²) in [6.45, 7) is 6.54. The maximum absolute atomic E-state index is 14.3. The third-order valence-electron chi connectivity index (χ3n) is 11.0. The van der Waals surface area contributed by atoms with Crippen molar-refractivity contribution in [3.8, 4) is 5.75 Å². The summed E-state index contributed by atoms with van der Waals surface area (Å²) in [5.41, 5.74) is 0.923. The van der Waals surface area contributed by atoms with E-state index >= 15 is 0 Å². The van der Waals surface area contributed by atoms with Crippen LogP contribution in [0, 0.1) is 23.7 Å². The van der Waals surface area contributed by atoms with E-state index in [9.17, 15) is 29.9 Å². The molecule has 7 rings (SSSR count). The highest BCUT2D eigenvalue weighted by molar-refractivity contribution is 6.99. The molecule has 0 bridgehead atoms. The number of imide groups is 1. The van der Waals surface area contributed by atoms with Crippen LogP contribution in [0.15, 0.2) is 103 Å². The van der Waals surface area contributed by atoms with E-state index in [-0.39, 0.29) is 46.4 Å². The number of phenols is 1. The molecule has 2 aliphatic heterocycles. The minimum absolute atomic E-state index is 0.0167. The summed E-state index contributed by atoms with van der Waals surface area (Å²) >= 11 is 6.59. The molecular weight excluding hydrogens is 685 g/mol. The molecule has 2 saturated heterocycles. The molecule has 3 fully saturated rings. The lowest BCUT2D eigenvalue weighted by atomic mass is 9.64. The molecule has 0 unspecified atom stereocenters. The maximum atomic E-state index is 14.3. The number of amides is 2. The predicted octanol–water partition coefficient (Wildman–Crippen LogP) is 3.89. The second kappa shape index (κ2) is 13.3. The van der Waals surface area contributed by atoms with Crippen LogP contribution < -0.4 is 20.7 Å². The molecule has 1 saturated carbocycles. The number of hydrogen-bond acceptors (Lipinski definition) is 8. The molecule has 4 aromatic carbocycles. The van der Waals surface area contributed by atoms with Crippen LogP contribution in [0.1, 0.15) is 45.3 Å². The molecule has 6 atom stereocenters. The van der Waals surface area contributed by atoms with Crippen molar-refractivity contribution in [2.75, 3.05) is 11.5 Å². The van der Waals surface area contributed by atoms with E-state index in [1.54, 1.807) is 18.2 Å². The summed E-state index contributed by atoms with van der Waals surface area (Å²) in [6.07, 6.45) is -0.415. The first-order valence-electron chi connectivity index (χ1n) is 17.2. The quantitative estimate of drug-likeness (QED) is 0.159. The summed E-state index contributed by atoms with van der Waals surface area (Å²) < 4.78 is 13.9. The van der Waals surface area contributed by atoms with Crippen LogP contribution in [0.4, 0.5) is 5.69 Å². The smallest absolute Gasteiger partial charge is 0.488 e. The number of ether oxygens (including phenoxy) is 1. The van der Waals surface area contributed by atoms with Gasteiger partial charge in [0.1, 0.15) is 5.75 Å². The summed E-state index contributed by atoms with van der Waals surface area (Å²) in [5.74, 6) is -5.99. The third-order valence-corrected chi connectivity index (χ3v) is 16.4. The van der Waals surface area contributed by atoms with E-state index in [2.05, 4.69) is 45.0 Å². The zero-order chi connectivity index (χ0) is 36.3. The van der Waals surface area contributed by atoms with Crippen molar-refractivity contribution in [3.05, 3.63) is 114 Å². The van der Waals surface area contributed by atoms with Crippen LogP contribution in [-0.4, -0.2) is 59.9 Å². The van der Waals surface area contributed by atoms with E-state index in [0.717, 1.165) is 15.3 Å². The number of rotatable bonds is 8. The number of fused-ring (bicyclic) bond motifs is 3. The van der Waals surface area contributed by atoms with Gasteiger partial charge in [-0.2, -0.15) is 0 Å². The van der Waals surface area contributed by atoms with Crippen LogP contribution in [-0.2, 0) is 18.8 Å². The Morgan fingerprint density at radius 1 is 0.902 bits per heavy atom. The fourth-order valence-corrected chi connectivity index (χ4v) is 13.6. The number of aromatic hydroxyl groups is 1. The Balaban J connectivity index is 1.31. The molecule has 2 heterocycles. The molecule has 0 aromatic heterocycles. The van der Waals surface area contributed by atoms with Gasteiger partial charge in [0.25, 0.3) is 8.32 Å². The zero-order valence-corrected chi connectivity index (χ0v) is 30.4. The van der Waals surface area contributed by atoms with Gasteiger partial charge in [-0.05, 0) is 63.5 Å². The monoisotopic (exact) mass is 725 g/mol.